The van der Waals surface area contributed by atoms with Gasteiger partial charge in [-0.3, -0.25) is 15.0 Å². The molecule has 3 N–H and O–H groups in total. The van der Waals surface area contributed by atoms with Crippen molar-refractivity contribution in [2.24, 2.45) is 0 Å². The quantitative estimate of drug-likeness (QED) is 0.402. The molecule has 182 valence electrons. The van der Waals surface area contributed by atoms with Crippen molar-refractivity contribution >= 4 is 11.6 Å². The van der Waals surface area contributed by atoms with Crippen LogP contribution in [-0.4, -0.2) is 67.0 Å². The van der Waals surface area contributed by atoms with Gasteiger partial charge in [-0.05, 0) is 69.3 Å². The molecule has 0 saturated heterocycles. The summed E-state index contributed by atoms with van der Waals surface area (Å²) in [7, 11) is 5.60. The van der Waals surface area contributed by atoms with Crippen LogP contribution in [0, 0.1) is 0 Å². The average Bonchev–Trinajstić information content (AvgIpc) is 2.79. The monoisotopic (exact) mass is 456 g/mol. The number of aliphatic hydroxyl groups is 1. The molecule has 0 bridgehead atoms. The first-order chi connectivity index (χ1) is 15.6. The minimum Gasteiger partial charge on any atom is -0.497 e. The molecule has 33 heavy (non-hydrogen) atoms. The van der Waals surface area contributed by atoms with Crippen molar-refractivity contribution in [3.05, 3.63) is 59.7 Å². The summed E-state index contributed by atoms with van der Waals surface area (Å²) in [6.45, 7) is 8.69. The van der Waals surface area contributed by atoms with E-state index in [1.807, 2.05) is 60.5 Å². The lowest BCUT2D eigenvalue weighted by Crippen LogP contribution is -2.50. The second kappa shape index (κ2) is 12.6. The molecule has 0 fully saturated rings. The van der Waals surface area contributed by atoms with E-state index in [-0.39, 0.29) is 11.4 Å². The van der Waals surface area contributed by atoms with Gasteiger partial charge in [0.15, 0.2) is 6.35 Å². The van der Waals surface area contributed by atoms with E-state index in [9.17, 15) is 9.90 Å². The molecular weight excluding hydrogens is 416 g/mol. The van der Waals surface area contributed by atoms with Crippen molar-refractivity contribution in [2.75, 3.05) is 39.6 Å². The third kappa shape index (κ3) is 8.68. The van der Waals surface area contributed by atoms with Crippen LogP contribution in [0.2, 0.25) is 0 Å². The zero-order chi connectivity index (χ0) is 24.4. The lowest BCUT2D eigenvalue weighted by atomic mass is 10.0. The number of hydrogen-bond donors (Lipinski definition) is 3. The van der Waals surface area contributed by atoms with Crippen LogP contribution in [0.5, 0.6) is 5.75 Å². The second-order valence-electron chi connectivity index (χ2n) is 9.13. The molecular formula is C26H40N4O3. The highest BCUT2D eigenvalue weighted by Crippen LogP contribution is 2.16. The second-order valence-corrected chi connectivity index (χ2v) is 9.13. The molecule has 0 aliphatic carbocycles. The molecule has 0 radical (unpaired) electrons. The van der Waals surface area contributed by atoms with E-state index in [4.69, 9.17) is 4.74 Å². The molecule has 7 nitrogen and oxygen atoms in total. The number of hydrogen-bond acceptors (Lipinski definition) is 6. The first-order valence-corrected chi connectivity index (χ1v) is 11.5. The molecule has 2 aromatic carbocycles. The molecule has 0 aliphatic heterocycles. The van der Waals surface area contributed by atoms with E-state index in [2.05, 4.69) is 43.4 Å². The van der Waals surface area contributed by atoms with E-state index in [0.717, 1.165) is 35.5 Å². The smallest absolute Gasteiger partial charge is 0.226 e. The van der Waals surface area contributed by atoms with Crippen molar-refractivity contribution in [1.82, 2.24) is 15.1 Å². The van der Waals surface area contributed by atoms with Gasteiger partial charge < -0.3 is 20.1 Å². The summed E-state index contributed by atoms with van der Waals surface area (Å²) in [5.41, 5.74) is 2.68. The van der Waals surface area contributed by atoms with Crippen LogP contribution in [0.15, 0.2) is 48.5 Å². The van der Waals surface area contributed by atoms with Gasteiger partial charge in [-0.1, -0.05) is 31.2 Å². The number of nitrogens with one attached hydrogen (secondary N) is 2. The maximum atomic E-state index is 12.7. The first-order valence-electron chi connectivity index (χ1n) is 11.5. The minimum atomic E-state index is -0.895. The van der Waals surface area contributed by atoms with Crippen molar-refractivity contribution in [3.63, 3.8) is 0 Å². The molecule has 0 saturated carbocycles. The van der Waals surface area contributed by atoms with E-state index >= 15 is 0 Å². The number of benzene rings is 2. The topological polar surface area (TPSA) is 77.1 Å². The normalized spacial score (nSPS) is 12.5. The predicted octanol–water partition coefficient (Wildman–Crippen LogP) is 3.29. The number of nitrogens with zero attached hydrogens (tertiary/aromatic N) is 2. The van der Waals surface area contributed by atoms with Gasteiger partial charge in [0.25, 0.3) is 0 Å². The Morgan fingerprint density at radius 2 is 1.67 bits per heavy atom. The van der Waals surface area contributed by atoms with Gasteiger partial charge in [0, 0.05) is 31.4 Å². The standard InChI is InChI=1S/C26H40N4O3/c1-7-16-30(5)26(2,3)19-29(4)24(31)17-20-8-12-22(13-9-20)28-25(32)27-18-21-10-14-23(33-6)15-11-21/h8-15,25,27-28,32H,7,16-19H2,1-6H3. The zero-order valence-corrected chi connectivity index (χ0v) is 20.9. The fraction of sp³-hybridized carbons (Fsp3) is 0.500. The number of carbonyl (C=O) groups excluding carboxylic acids is 1. The van der Waals surface area contributed by atoms with Crippen LogP contribution in [-0.2, 0) is 17.8 Å². The highest BCUT2D eigenvalue weighted by atomic mass is 16.5. The molecule has 0 aromatic heterocycles. The van der Waals surface area contributed by atoms with Gasteiger partial charge in [-0.25, -0.2) is 0 Å². The van der Waals surface area contributed by atoms with Crippen LogP contribution < -0.4 is 15.4 Å². The third-order valence-corrected chi connectivity index (χ3v) is 5.91. The minimum absolute atomic E-state index is 0.0802. The summed E-state index contributed by atoms with van der Waals surface area (Å²) in [5.74, 6) is 0.893. The number of methoxy groups -OCH3 is 1. The Balaban J connectivity index is 1.81. The molecule has 0 aliphatic rings. The summed E-state index contributed by atoms with van der Waals surface area (Å²) in [6, 6.07) is 15.3. The molecule has 0 heterocycles. The largest absolute Gasteiger partial charge is 0.497 e. The number of aliphatic hydroxyl groups excluding tert-OH is 1. The molecule has 0 spiro atoms. The van der Waals surface area contributed by atoms with Crippen LogP contribution >= 0.6 is 0 Å². The average molecular weight is 457 g/mol. The molecule has 1 unspecified atom stereocenters. The fourth-order valence-corrected chi connectivity index (χ4v) is 3.62. The van der Waals surface area contributed by atoms with Crippen molar-refractivity contribution < 1.29 is 14.6 Å². The maximum Gasteiger partial charge on any atom is 0.226 e. The van der Waals surface area contributed by atoms with Crippen LogP contribution in [0.1, 0.15) is 38.3 Å². The third-order valence-electron chi connectivity index (χ3n) is 5.91. The van der Waals surface area contributed by atoms with Gasteiger partial charge in [-0.15, -0.1) is 0 Å². The lowest BCUT2D eigenvalue weighted by Gasteiger charge is -2.38. The molecule has 1 amide bonds. The number of likely N-dealkylation sites (N-methyl/N-ethyl adjacent to an activating group) is 2. The van der Waals surface area contributed by atoms with E-state index in [1.54, 1.807) is 7.11 Å². The highest BCUT2D eigenvalue weighted by Gasteiger charge is 2.26. The summed E-state index contributed by atoms with van der Waals surface area (Å²) >= 11 is 0. The molecule has 7 heteroatoms. The Morgan fingerprint density at radius 1 is 1.06 bits per heavy atom. The van der Waals surface area contributed by atoms with E-state index < -0.39 is 6.35 Å². The first kappa shape index (κ1) is 26.6. The number of carbonyl (C=O) groups is 1. The van der Waals surface area contributed by atoms with Crippen LogP contribution in [0.4, 0.5) is 5.69 Å². The lowest BCUT2D eigenvalue weighted by molar-refractivity contribution is -0.130. The molecule has 1 atom stereocenters. The van der Waals surface area contributed by atoms with E-state index in [1.165, 1.54) is 0 Å². The fourth-order valence-electron chi connectivity index (χ4n) is 3.62. The van der Waals surface area contributed by atoms with Gasteiger partial charge >= 0.3 is 0 Å². The number of amides is 1. The van der Waals surface area contributed by atoms with Gasteiger partial charge in [0.05, 0.1) is 13.5 Å². The molecule has 2 aromatic rings. The number of anilines is 1. The Morgan fingerprint density at radius 3 is 2.24 bits per heavy atom. The number of rotatable bonds is 13. The van der Waals surface area contributed by atoms with Gasteiger partial charge in [0.2, 0.25) is 5.91 Å². The van der Waals surface area contributed by atoms with Crippen LogP contribution in [0.25, 0.3) is 0 Å². The summed E-state index contributed by atoms with van der Waals surface area (Å²) < 4.78 is 5.15. The Bertz CT molecular complexity index is 853. The predicted molar refractivity (Wildman–Crippen MR) is 134 cm³/mol. The zero-order valence-electron chi connectivity index (χ0n) is 20.9. The summed E-state index contributed by atoms with van der Waals surface area (Å²) in [6.07, 6.45) is 0.541. The Hall–Kier alpha value is -2.61. The van der Waals surface area contributed by atoms with Crippen molar-refractivity contribution in [1.29, 1.82) is 0 Å². The Kier molecular flexibility index (Phi) is 10.2. The summed E-state index contributed by atoms with van der Waals surface area (Å²) in [4.78, 5) is 16.8. The van der Waals surface area contributed by atoms with Crippen molar-refractivity contribution in [2.45, 2.75) is 52.0 Å². The van der Waals surface area contributed by atoms with Gasteiger partial charge in [-0.2, -0.15) is 0 Å². The van der Waals surface area contributed by atoms with E-state index in [0.29, 0.717) is 19.5 Å². The Labute approximate surface area is 198 Å². The van der Waals surface area contributed by atoms with Crippen molar-refractivity contribution in [3.8, 4) is 5.75 Å². The highest BCUT2D eigenvalue weighted by molar-refractivity contribution is 5.78. The molecule has 2 rings (SSSR count). The van der Waals surface area contributed by atoms with Crippen LogP contribution in [0.3, 0.4) is 0 Å². The summed E-state index contributed by atoms with van der Waals surface area (Å²) in [5, 5.41) is 16.3. The van der Waals surface area contributed by atoms with Gasteiger partial charge in [0.1, 0.15) is 5.75 Å². The maximum absolute atomic E-state index is 12.7. The number of ether oxygens (including phenoxy) is 1. The SMILES string of the molecule is CCCN(C)C(C)(C)CN(C)C(=O)Cc1ccc(NC(O)NCc2ccc(OC)cc2)cc1.